The molecule has 0 bridgehead atoms. The molecule has 194 valence electrons. The largest absolute Gasteiger partial charge is 0.497 e. The van der Waals surface area contributed by atoms with Crippen LogP contribution in [-0.4, -0.2) is 79.5 Å². The number of nitrogens with zero attached hydrogens (tertiary/aromatic N) is 3. The van der Waals surface area contributed by atoms with Crippen molar-refractivity contribution < 1.29 is 19.1 Å². The van der Waals surface area contributed by atoms with Crippen LogP contribution in [0.5, 0.6) is 11.5 Å². The zero-order valence-corrected chi connectivity index (χ0v) is 22.4. The molecule has 5 rings (SSSR count). The minimum Gasteiger partial charge on any atom is -0.497 e. The van der Waals surface area contributed by atoms with Gasteiger partial charge in [-0.2, -0.15) is 0 Å². The average molecular weight is 520 g/mol. The van der Waals surface area contributed by atoms with Crippen LogP contribution in [0.4, 0.5) is 0 Å². The van der Waals surface area contributed by atoms with Crippen LogP contribution in [-0.2, 0) is 11.2 Å². The number of hydrogen-bond donors (Lipinski definition) is 0. The summed E-state index contributed by atoms with van der Waals surface area (Å²) in [4.78, 5) is 34.3. The Bertz CT molecular complexity index is 1230. The highest BCUT2D eigenvalue weighted by Gasteiger charge is 2.37. The van der Waals surface area contributed by atoms with E-state index >= 15 is 0 Å². The zero-order chi connectivity index (χ0) is 25.9. The summed E-state index contributed by atoms with van der Waals surface area (Å²) in [5.74, 6) is 1.19. The van der Waals surface area contributed by atoms with Crippen molar-refractivity contribution in [2.24, 2.45) is 0 Å². The maximum absolute atomic E-state index is 13.7. The zero-order valence-electron chi connectivity index (χ0n) is 21.6. The van der Waals surface area contributed by atoms with Gasteiger partial charge in [0, 0.05) is 49.2 Å². The quantitative estimate of drug-likeness (QED) is 0.491. The summed E-state index contributed by atoms with van der Waals surface area (Å²) < 4.78 is 10.6. The summed E-state index contributed by atoms with van der Waals surface area (Å²) in [5.41, 5.74) is 3.05. The molecular weight excluding hydrogens is 486 g/mol. The molecule has 0 radical (unpaired) electrons. The molecule has 2 aliphatic heterocycles. The van der Waals surface area contributed by atoms with E-state index in [1.165, 1.54) is 16.0 Å². The van der Waals surface area contributed by atoms with Gasteiger partial charge in [0.05, 0.1) is 26.3 Å². The molecule has 0 spiro atoms. The predicted molar refractivity (Wildman–Crippen MR) is 145 cm³/mol. The second kappa shape index (κ2) is 10.9. The predicted octanol–water partition coefficient (Wildman–Crippen LogP) is 4.09. The van der Waals surface area contributed by atoms with Gasteiger partial charge in [-0.1, -0.05) is 30.3 Å². The van der Waals surface area contributed by atoms with Gasteiger partial charge in [-0.05, 0) is 48.1 Å². The van der Waals surface area contributed by atoms with E-state index in [4.69, 9.17) is 9.47 Å². The van der Waals surface area contributed by atoms with Gasteiger partial charge < -0.3 is 19.3 Å². The monoisotopic (exact) mass is 519 g/mol. The highest BCUT2D eigenvalue weighted by molar-refractivity contribution is 7.10. The number of carbonyl (C=O) groups is 2. The smallest absolute Gasteiger partial charge is 0.254 e. The molecule has 1 saturated heterocycles. The number of rotatable bonds is 6. The highest BCUT2D eigenvalue weighted by atomic mass is 32.1. The van der Waals surface area contributed by atoms with Crippen LogP contribution in [0.3, 0.4) is 0 Å². The molecule has 0 N–H and O–H groups in total. The summed E-state index contributed by atoms with van der Waals surface area (Å²) in [5, 5.41) is 2.16. The van der Waals surface area contributed by atoms with Crippen molar-refractivity contribution in [2.45, 2.75) is 25.4 Å². The van der Waals surface area contributed by atoms with Gasteiger partial charge in [-0.3, -0.25) is 14.5 Å². The minimum absolute atomic E-state index is 0.0704. The molecular formula is C29H33N3O4S. The van der Waals surface area contributed by atoms with E-state index < -0.39 is 0 Å². The van der Waals surface area contributed by atoms with E-state index in [0.717, 1.165) is 13.0 Å². The highest BCUT2D eigenvalue weighted by Crippen LogP contribution is 2.39. The maximum atomic E-state index is 13.7. The number of methoxy groups -OCH3 is 2. The van der Waals surface area contributed by atoms with Crippen molar-refractivity contribution in [3.05, 3.63) is 81.5 Å². The number of fused-ring (bicyclic) bond motifs is 1. The molecule has 7 nitrogen and oxygen atoms in total. The van der Waals surface area contributed by atoms with Gasteiger partial charge >= 0.3 is 0 Å². The van der Waals surface area contributed by atoms with Crippen molar-refractivity contribution in [1.29, 1.82) is 0 Å². The Labute approximate surface area is 222 Å². The van der Waals surface area contributed by atoms with Gasteiger partial charge in [-0.25, -0.2) is 0 Å². The first-order valence-electron chi connectivity index (χ1n) is 12.7. The lowest BCUT2D eigenvalue weighted by Gasteiger charge is -2.42. The Morgan fingerprint density at radius 3 is 2.19 bits per heavy atom. The Kier molecular flexibility index (Phi) is 7.48. The van der Waals surface area contributed by atoms with Gasteiger partial charge in [0.2, 0.25) is 5.91 Å². The fraction of sp³-hybridized carbons (Fsp3) is 0.379. The number of carbonyl (C=O) groups excluding carboxylic acids is 2. The topological polar surface area (TPSA) is 62.3 Å². The van der Waals surface area contributed by atoms with Crippen molar-refractivity contribution in [1.82, 2.24) is 14.7 Å². The first kappa shape index (κ1) is 25.3. The van der Waals surface area contributed by atoms with Crippen LogP contribution < -0.4 is 9.47 Å². The lowest BCUT2D eigenvalue weighted by atomic mass is 9.92. The first-order chi connectivity index (χ1) is 18.0. The Morgan fingerprint density at radius 2 is 1.54 bits per heavy atom. The standard InChI is InChI=1S/C29H33N3O4S/c1-20(32-11-9-26-25(10-16-37-26)27(32)21-7-5-4-6-8-21)28(33)30-12-14-31(15-13-30)29(34)22-17-23(35-2)19-24(18-22)36-3/h4-8,10,16-20,27H,9,11-15H2,1-3H3/t20-,27-/m1/s1. The van der Waals surface area contributed by atoms with Crippen LogP contribution in [0.25, 0.3) is 0 Å². The van der Waals surface area contributed by atoms with E-state index in [1.54, 1.807) is 48.7 Å². The van der Waals surface area contributed by atoms with E-state index in [0.29, 0.717) is 43.2 Å². The molecule has 8 heteroatoms. The van der Waals surface area contributed by atoms with Crippen LogP contribution in [0, 0.1) is 0 Å². The molecule has 1 fully saturated rings. The van der Waals surface area contributed by atoms with Crippen molar-refractivity contribution in [3.63, 3.8) is 0 Å². The fourth-order valence-corrected chi connectivity index (χ4v) is 6.31. The number of thiophene rings is 1. The third kappa shape index (κ3) is 5.08. The molecule has 2 amide bonds. The van der Waals surface area contributed by atoms with Crippen molar-refractivity contribution in [3.8, 4) is 11.5 Å². The van der Waals surface area contributed by atoms with Crippen molar-refractivity contribution in [2.75, 3.05) is 46.9 Å². The number of ether oxygens (including phenoxy) is 2. The molecule has 0 unspecified atom stereocenters. The van der Waals surface area contributed by atoms with E-state index in [2.05, 4.69) is 40.6 Å². The molecule has 1 aromatic heterocycles. The lowest BCUT2D eigenvalue weighted by molar-refractivity contribution is -0.138. The SMILES string of the molecule is COc1cc(OC)cc(C(=O)N2CCN(C(=O)[C@@H](C)N3CCc4sccc4[C@H]3c3ccccc3)CC2)c1. The minimum atomic E-state index is -0.261. The number of piperazine rings is 1. The maximum Gasteiger partial charge on any atom is 0.254 e. The number of hydrogen-bond acceptors (Lipinski definition) is 6. The molecule has 2 aromatic carbocycles. The second-order valence-electron chi connectivity index (χ2n) is 9.49. The average Bonchev–Trinajstić information content (AvgIpc) is 3.44. The summed E-state index contributed by atoms with van der Waals surface area (Å²) in [7, 11) is 3.14. The van der Waals surface area contributed by atoms with Crippen molar-refractivity contribution >= 4 is 23.2 Å². The van der Waals surface area contributed by atoms with Crippen LogP contribution in [0.1, 0.15) is 39.3 Å². The number of benzene rings is 2. The summed E-state index contributed by atoms with van der Waals surface area (Å²) in [6.07, 6.45) is 0.959. The second-order valence-corrected chi connectivity index (χ2v) is 10.5. The van der Waals surface area contributed by atoms with Crippen LogP contribution in [0.15, 0.2) is 60.0 Å². The fourth-order valence-electron chi connectivity index (χ4n) is 5.41. The third-order valence-corrected chi connectivity index (χ3v) is 8.45. The Morgan fingerprint density at radius 1 is 0.892 bits per heavy atom. The molecule has 3 aromatic rings. The normalized spacial score (nSPS) is 18.7. The number of amides is 2. The molecule has 0 aliphatic carbocycles. The molecule has 3 heterocycles. The van der Waals surface area contributed by atoms with Crippen LogP contribution >= 0.6 is 11.3 Å². The van der Waals surface area contributed by atoms with E-state index in [1.807, 2.05) is 17.9 Å². The Balaban J connectivity index is 1.27. The first-order valence-corrected chi connectivity index (χ1v) is 13.6. The summed E-state index contributed by atoms with van der Waals surface area (Å²) in [6.45, 7) is 4.89. The molecule has 37 heavy (non-hydrogen) atoms. The van der Waals surface area contributed by atoms with Gasteiger partial charge in [0.1, 0.15) is 11.5 Å². The lowest BCUT2D eigenvalue weighted by Crippen LogP contribution is -2.56. The van der Waals surface area contributed by atoms with E-state index in [-0.39, 0.29) is 23.9 Å². The molecule has 0 saturated carbocycles. The molecule has 2 atom stereocenters. The molecule has 2 aliphatic rings. The third-order valence-electron chi connectivity index (χ3n) is 7.45. The van der Waals surface area contributed by atoms with Gasteiger partial charge in [0.25, 0.3) is 5.91 Å². The Hall–Kier alpha value is -3.36. The van der Waals surface area contributed by atoms with E-state index in [9.17, 15) is 9.59 Å². The van der Waals surface area contributed by atoms with Crippen LogP contribution in [0.2, 0.25) is 0 Å². The van der Waals surface area contributed by atoms with Gasteiger partial charge in [0.15, 0.2) is 0 Å². The van der Waals surface area contributed by atoms with Gasteiger partial charge in [-0.15, -0.1) is 11.3 Å². The summed E-state index contributed by atoms with van der Waals surface area (Å²) >= 11 is 1.80. The summed E-state index contributed by atoms with van der Waals surface area (Å²) in [6, 6.07) is 17.7.